The summed E-state index contributed by atoms with van der Waals surface area (Å²) in [6.07, 6.45) is 4.83. The van der Waals surface area contributed by atoms with Crippen molar-refractivity contribution < 1.29 is 9.18 Å². The summed E-state index contributed by atoms with van der Waals surface area (Å²) in [7, 11) is 0. The molecule has 0 amide bonds. The number of nitrogens with zero attached hydrogens (tertiary/aromatic N) is 3. The Hall–Kier alpha value is -2.47. The van der Waals surface area contributed by atoms with Crippen LogP contribution in [0, 0.1) is 19.7 Å². The normalized spacial score (nSPS) is 10.8. The Morgan fingerprint density at radius 2 is 2.08 bits per heavy atom. The molecule has 2 aromatic heterocycles. The molecule has 4 nitrogen and oxygen atoms in total. The smallest absolute Gasteiger partial charge is 0.174 e. The fourth-order valence-corrected chi connectivity index (χ4v) is 3.34. The highest BCUT2D eigenvalue weighted by molar-refractivity contribution is 7.99. The second-order valence-corrected chi connectivity index (χ2v) is 6.35. The van der Waals surface area contributed by atoms with Gasteiger partial charge in [0.25, 0.3) is 0 Å². The van der Waals surface area contributed by atoms with Crippen LogP contribution in [0.15, 0.2) is 53.9 Å². The van der Waals surface area contributed by atoms with Gasteiger partial charge >= 0.3 is 0 Å². The molecule has 2 heterocycles. The minimum Gasteiger partial charge on any atom is -0.318 e. The largest absolute Gasteiger partial charge is 0.318 e. The van der Waals surface area contributed by atoms with Gasteiger partial charge in [-0.1, -0.05) is 17.8 Å². The lowest BCUT2D eigenvalue weighted by atomic mass is 10.2. The Morgan fingerprint density at radius 3 is 2.79 bits per heavy atom. The van der Waals surface area contributed by atoms with Gasteiger partial charge in [0, 0.05) is 35.0 Å². The molecule has 1 aromatic carbocycles. The molecule has 0 aliphatic heterocycles. The van der Waals surface area contributed by atoms with E-state index in [9.17, 15) is 9.18 Å². The van der Waals surface area contributed by atoms with E-state index in [0.29, 0.717) is 16.3 Å². The van der Waals surface area contributed by atoms with Crippen LogP contribution in [0.3, 0.4) is 0 Å². The Kier molecular flexibility index (Phi) is 4.76. The minimum atomic E-state index is -0.300. The first-order valence-electron chi connectivity index (χ1n) is 7.43. The fraction of sp³-hybridized carbons (Fsp3) is 0.167. The molecule has 0 atom stereocenters. The quantitative estimate of drug-likeness (QED) is 0.520. The summed E-state index contributed by atoms with van der Waals surface area (Å²) in [6.45, 7) is 3.78. The Morgan fingerprint density at radius 1 is 1.25 bits per heavy atom. The van der Waals surface area contributed by atoms with E-state index in [0.717, 1.165) is 11.4 Å². The number of benzene rings is 1. The highest BCUT2D eigenvalue weighted by Crippen LogP contribution is 2.23. The molecule has 0 unspecified atom stereocenters. The van der Waals surface area contributed by atoms with E-state index in [-0.39, 0.29) is 17.4 Å². The van der Waals surface area contributed by atoms with Crippen molar-refractivity contribution in [2.24, 2.45) is 0 Å². The second-order valence-electron chi connectivity index (χ2n) is 5.36. The van der Waals surface area contributed by atoms with Crippen LogP contribution in [-0.4, -0.2) is 26.1 Å². The molecule has 0 saturated carbocycles. The van der Waals surface area contributed by atoms with Crippen molar-refractivity contribution >= 4 is 17.5 Å². The summed E-state index contributed by atoms with van der Waals surface area (Å²) < 4.78 is 15.4. The molecule has 6 heteroatoms. The molecule has 0 fully saturated rings. The van der Waals surface area contributed by atoms with Gasteiger partial charge < -0.3 is 4.57 Å². The van der Waals surface area contributed by atoms with E-state index in [1.165, 1.54) is 23.9 Å². The maximum atomic E-state index is 13.5. The van der Waals surface area contributed by atoms with Crippen LogP contribution in [0.1, 0.15) is 21.7 Å². The lowest BCUT2D eigenvalue weighted by Gasteiger charge is -2.10. The third-order valence-corrected chi connectivity index (χ3v) is 4.60. The monoisotopic (exact) mass is 341 g/mol. The number of carbonyl (C=O) groups excluding carboxylic acids is 1. The van der Waals surface area contributed by atoms with Crippen molar-refractivity contribution in [1.82, 2.24) is 14.5 Å². The molecule has 3 aromatic rings. The van der Waals surface area contributed by atoms with Gasteiger partial charge in [-0.25, -0.2) is 9.37 Å². The number of Topliss-reactive ketones (excluding diaryl/α,β-unsaturated/α-hetero) is 1. The van der Waals surface area contributed by atoms with E-state index in [1.54, 1.807) is 24.7 Å². The zero-order valence-corrected chi connectivity index (χ0v) is 14.2. The van der Waals surface area contributed by atoms with Crippen molar-refractivity contribution in [3.63, 3.8) is 0 Å². The van der Waals surface area contributed by atoms with Crippen molar-refractivity contribution in [1.29, 1.82) is 0 Å². The summed E-state index contributed by atoms with van der Waals surface area (Å²) in [5.41, 5.74) is 3.06. The average Bonchev–Trinajstić information content (AvgIpc) is 2.88. The maximum absolute atomic E-state index is 13.5. The van der Waals surface area contributed by atoms with Gasteiger partial charge in [-0.15, -0.1) is 0 Å². The number of carbonyl (C=O) groups is 1. The van der Waals surface area contributed by atoms with E-state index in [1.807, 2.05) is 30.5 Å². The number of aromatic nitrogens is 3. The highest BCUT2D eigenvalue weighted by Gasteiger charge is 2.17. The topological polar surface area (TPSA) is 47.8 Å². The number of halogens is 1. The summed E-state index contributed by atoms with van der Waals surface area (Å²) in [5, 5.41) is 0.713. The molecule has 0 aliphatic carbocycles. The Balaban J connectivity index is 1.84. The molecule has 0 saturated heterocycles. The van der Waals surface area contributed by atoms with Crippen LogP contribution in [-0.2, 0) is 0 Å². The first kappa shape index (κ1) is 16.4. The molecule has 0 spiro atoms. The fourth-order valence-electron chi connectivity index (χ4n) is 2.63. The zero-order valence-electron chi connectivity index (χ0n) is 13.4. The number of thioether (sulfide) groups is 1. The molecule has 0 N–H and O–H groups in total. The predicted molar refractivity (Wildman–Crippen MR) is 92.3 cm³/mol. The van der Waals surface area contributed by atoms with Crippen LogP contribution < -0.4 is 0 Å². The standard InChI is InChI=1S/C18H16FN3OS/c1-12-8-16(17(23)11-24-18-10-20-6-7-21-18)13(2)22(12)15-5-3-4-14(19)9-15/h3-10H,11H2,1-2H3. The van der Waals surface area contributed by atoms with Crippen molar-refractivity contribution in [2.75, 3.05) is 5.75 Å². The van der Waals surface area contributed by atoms with Crippen LogP contribution in [0.4, 0.5) is 4.39 Å². The summed E-state index contributed by atoms with van der Waals surface area (Å²) in [6, 6.07) is 8.20. The van der Waals surface area contributed by atoms with E-state index in [4.69, 9.17) is 0 Å². The lowest BCUT2D eigenvalue weighted by molar-refractivity contribution is 0.102. The van der Waals surface area contributed by atoms with E-state index >= 15 is 0 Å². The highest BCUT2D eigenvalue weighted by atomic mass is 32.2. The van der Waals surface area contributed by atoms with Crippen LogP contribution >= 0.6 is 11.8 Å². The molecule has 0 aliphatic rings. The Labute approximate surface area is 143 Å². The van der Waals surface area contributed by atoms with Gasteiger partial charge in [-0.3, -0.25) is 9.78 Å². The van der Waals surface area contributed by atoms with Gasteiger partial charge in [0.2, 0.25) is 0 Å². The van der Waals surface area contributed by atoms with Crippen molar-refractivity contribution in [2.45, 2.75) is 18.9 Å². The SMILES string of the molecule is Cc1cc(C(=O)CSc2cnccn2)c(C)n1-c1cccc(F)c1. The molecular formula is C18H16FN3OS. The third-order valence-electron chi connectivity index (χ3n) is 3.69. The predicted octanol–water partition coefficient (Wildman–Crippen LogP) is 4.00. The van der Waals surface area contributed by atoms with Gasteiger partial charge in [0.1, 0.15) is 10.8 Å². The molecule has 0 bridgehead atoms. The number of aryl methyl sites for hydroxylation is 1. The first-order valence-corrected chi connectivity index (χ1v) is 8.41. The van der Waals surface area contributed by atoms with Crippen LogP contribution in [0.2, 0.25) is 0 Å². The lowest BCUT2D eigenvalue weighted by Crippen LogP contribution is -2.06. The Bertz CT molecular complexity index is 877. The number of ketones is 1. The van der Waals surface area contributed by atoms with Crippen LogP contribution in [0.25, 0.3) is 5.69 Å². The van der Waals surface area contributed by atoms with Gasteiger partial charge in [-0.05, 0) is 38.1 Å². The summed E-state index contributed by atoms with van der Waals surface area (Å²) in [5.74, 6) is -0.000865. The maximum Gasteiger partial charge on any atom is 0.174 e. The van der Waals surface area contributed by atoms with E-state index in [2.05, 4.69) is 9.97 Å². The van der Waals surface area contributed by atoms with Gasteiger partial charge in [0.05, 0.1) is 11.9 Å². The molecule has 0 radical (unpaired) electrons. The number of rotatable bonds is 5. The average molecular weight is 341 g/mol. The molecule has 122 valence electrons. The van der Waals surface area contributed by atoms with Crippen molar-refractivity contribution in [3.8, 4) is 5.69 Å². The van der Waals surface area contributed by atoms with Gasteiger partial charge in [0.15, 0.2) is 5.78 Å². The second kappa shape index (κ2) is 6.97. The molecule has 3 rings (SSSR count). The van der Waals surface area contributed by atoms with E-state index < -0.39 is 0 Å². The third kappa shape index (κ3) is 3.38. The summed E-state index contributed by atoms with van der Waals surface area (Å²) in [4.78, 5) is 20.7. The van der Waals surface area contributed by atoms with Crippen LogP contribution in [0.5, 0.6) is 0 Å². The summed E-state index contributed by atoms with van der Waals surface area (Å²) >= 11 is 1.35. The van der Waals surface area contributed by atoms with Gasteiger partial charge in [-0.2, -0.15) is 0 Å². The van der Waals surface area contributed by atoms with Crippen molar-refractivity contribution in [3.05, 3.63) is 71.7 Å². The molecule has 24 heavy (non-hydrogen) atoms. The minimum absolute atomic E-state index is 0.0152. The number of hydrogen-bond acceptors (Lipinski definition) is 4. The molecular weight excluding hydrogens is 325 g/mol. The first-order chi connectivity index (χ1) is 11.6. The zero-order chi connectivity index (χ0) is 17.1. The number of hydrogen-bond donors (Lipinski definition) is 0.